The van der Waals surface area contributed by atoms with E-state index in [4.69, 9.17) is 9.47 Å². The zero-order chi connectivity index (χ0) is 43.7. The Morgan fingerprint density at radius 1 is 0.583 bits per heavy atom. The van der Waals surface area contributed by atoms with Crippen molar-refractivity contribution in [3.8, 4) is 0 Å². The minimum Gasteiger partial charge on any atom is -0.394 e. The lowest BCUT2D eigenvalue weighted by atomic mass is 9.99. The summed E-state index contributed by atoms with van der Waals surface area (Å²) < 4.78 is 11.2. The van der Waals surface area contributed by atoms with Gasteiger partial charge in [-0.2, -0.15) is 0 Å². The van der Waals surface area contributed by atoms with Gasteiger partial charge in [-0.3, -0.25) is 4.79 Å². The van der Waals surface area contributed by atoms with Crippen LogP contribution < -0.4 is 5.32 Å². The largest absolute Gasteiger partial charge is 0.394 e. The molecule has 1 saturated heterocycles. The van der Waals surface area contributed by atoms with E-state index in [1.54, 1.807) is 6.08 Å². The van der Waals surface area contributed by atoms with Crippen molar-refractivity contribution in [3.05, 3.63) is 48.6 Å². The monoisotopic (exact) mass is 848 g/mol. The van der Waals surface area contributed by atoms with Crippen LogP contribution in [0.3, 0.4) is 0 Å². The summed E-state index contributed by atoms with van der Waals surface area (Å²) in [6, 6.07) is -0.821. The van der Waals surface area contributed by atoms with Gasteiger partial charge < -0.3 is 40.3 Å². The van der Waals surface area contributed by atoms with E-state index in [9.17, 15) is 30.3 Å². The Morgan fingerprint density at radius 2 is 1.05 bits per heavy atom. The number of allylic oxidation sites excluding steroid dienone is 7. The first-order valence-electron chi connectivity index (χ1n) is 24.9. The zero-order valence-electron chi connectivity index (χ0n) is 38.5. The van der Waals surface area contributed by atoms with Gasteiger partial charge in [-0.15, -0.1) is 0 Å². The fourth-order valence-electron chi connectivity index (χ4n) is 7.68. The van der Waals surface area contributed by atoms with Gasteiger partial charge in [0.25, 0.3) is 0 Å². The summed E-state index contributed by atoms with van der Waals surface area (Å²) in [5.41, 5.74) is 0. The number of unbranched alkanes of at least 4 members (excludes halogenated alkanes) is 25. The molecule has 0 aromatic rings. The second-order valence-electron chi connectivity index (χ2n) is 17.2. The highest BCUT2D eigenvalue weighted by Crippen LogP contribution is 2.23. The molecule has 0 spiro atoms. The molecule has 0 aromatic heterocycles. The highest BCUT2D eigenvalue weighted by molar-refractivity contribution is 5.76. The average Bonchev–Trinajstić information content (AvgIpc) is 3.25. The third-order valence-electron chi connectivity index (χ3n) is 11.6. The number of carbonyl (C=O) groups excluding carboxylic acids is 1. The van der Waals surface area contributed by atoms with Gasteiger partial charge in [0, 0.05) is 6.42 Å². The molecule has 1 fully saturated rings. The molecule has 0 aliphatic carbocycles. The molecule has 0 saturated carbocycles. The topological polar surface area (TPSA) is 149 Å². The van der Waals surface area contributed by atoms with Crippen LogP contribution in [0.4, 0.5) is 0 Å². The standard InChI is InChI=1S/C51H93NO8/c1-3-5-7-9-11-13-15-17-19-21-22-23-24-25-27-29-31-33-35-37-39-41-47(55)52-44(43-59-51-50(58)49(57)48(56)46(42-53)60-51)45(54)40-38-36-34-32-30-28-26-20-18-16-14-12-10-8-6-4-2/h5,7,11,13,30,32,38,40,44-46,48-51,53-54,56-58H,3-4,6,8-10,12,14-29,31,33-37,39,41-43H2,1-2H3,(H,52,55)/b7-5-,13-11-,32-30+,40-38+. The smallest absolute Gasteiger partial charge is 0.220 e. The maximum atomic E-state index is 13.0. The Hall–Kier alpha value is -1.85. The van der Waals surface area contributed by atoms with Gasteiger partial charge in [-0.25, -0.2) is 0 Å². The number of rotatable bonds is 41. The van der Waals surface area contributed by atoms with E-state index in [2.05, 4.69) is 55.6 Å². The van der Waals surface area contributed by atoms with Gasteiger partial charge in [0.05, 0.1) is 25.4 Å². The zero-order valence-corrected chi connectivity index (χ0v) is 38.5. The molecule has 6 N–H and O–H groups in total. The molecule has 9 nitrogen and oxygen atoms in total. The Morgan fingerprint density at radius 3 is 1.58 bits per heavy atom. The quantitative estimate of drug-likeness (QED) is 0.0263. The summed E-state index contributed by atoms with van der Waals surface area (Å²) in [6.07, 6.45) is 45.9. The Labute approximate surface area is 367 Å². The van der Waals surface area contributed by atoms with Gasteiger partial charge in [0.2, 0.25) is 5.91 Å². The molecule has 1 aliphatic heterocycles. The second-order valence-corrected chi connectivity index (χ2v) is 17.2. The van der Waals surface area contributed by atoms with Crippen LogP contribution in [0.2, 0.25) is 0 Å². The summed E-state index contributed by atoms with van der Waals surface area (Å²) in [7, 11) is 0. The lowest BCUT2D eigenvalue weighted by molar-refractivity contribution is -0.302. The molecule has 0 bridgehead atoms. The summed E-state index contributed by atoms with van der Waals surface area (Å²) in [6.45, 7) is 3.66. The predicted molar refractivity (Wildman–Crippen MR) is 249 cm³/mol. The molecule has 1 heterocycles. The van der Waals surface area contributed by atoms with Crippen LogP contribution in [0, 0.1) is 0 Å². The molecule has 1 amide bonds. The molecule has 7 unspecified atom stereocenters. The van der Waals surface area contributed by atoms with Crippen LogP contribution >= 0.6 is 0 Å². The van der Waals surface area contributed by atoms with Crippen LogP contribution in [-0.2, 0) is 14.3 Å². The highest BCUT2D eigenvalue weighted by atomic mass is 16.7. The minimum atomic E-state index is -1.57. The lowest BCUT2D eigenvalue weighted by Gasteiger charge is -2.40. The van der Waals surface area contributed by atoms with E-state index in [0.29, 0.717) is 6.42 Å². The van der Waals surface area contributed by atoms with E-state index >= 15 is 0 Å². The van der Waals surface area contributed by atoms with Gasteiger partial charge in [-0.05, 0) is 57.8 Å². The summed E-state index contributed by atoms with van der Waals surface area (Å²) in [4.78, 5) is 13.0. The molecule has 60 heavy (non-hydrogen) atoms. The summed E-state index contributed by atoms with van der Waals surface area (Å²) >= 11 is 0. The molecular weight excluding hydrogens is 755 g/mol. The number of ether oxygens (including phenoxy) is 2. The second kappa shape index (κ2) is 41.2. The first kappa shape index (κ1) is 56.2. The van der Waals surface area contributed by atoms with E-state index in [0.717, 1.165) is 51.4 Å². The maximum Gasteiger partial charge on any atom is 0.220 e. The lowest BCUT2D eigenvalue weighted by Crippen LogP contribution is -2.60. The first-order valence-corrected chi connectivity index (χ1v) is 24.9. The van der Waals surface area contributed by atoms with E-state index < -0.39 is 49.5 Å². The van der Waals surface area contributed by atoms with Crippen LogP contribution in [0.5, 0.6) is 0 Å². The first-order chi connectivity index (χ1) is 29.3. The third kappa shape index (κ3) is 31.1. The normalized spacial score (nSPS) is 20.9. The van der Waals surface area contributed by atoms with Gasteiger partial charge in [0.1, 0.15) is 24.4 Å². The SMILES string of the molecule is CC/C=C\C/C=C\CCCCCCCCCCCCCCCCC(=O)NC(COC1OC(CO)C(O)C(O)C1O)C(O)/C=C/CC/C=C/CCCCCCCCCCCC. The van der Waals surface area contributed by atoms with Crippen LogP contribution in [0.25, 0.3) is 0 Å². The number of aliphatic hydroxyl groups excluding tert-OH is 5. The van der Waals surface area contributed by atoms with Crippen molar-refractivity contribution in [2.75, 3.05) is 13.2 Å². The Bertz CT molecular complexity index is 1080. The highest BCUT2D eigenvalue weighted by Gasteiger charge is 2.44. The summed E-state index contributed by atoms with van der Waals surface area (Å²) in [5, 5.41) is 54.3. The molecule has 1 aliphatic rings. The number of carbonyl (C=O) groups is 1. The van der Waals surface area contributed by atoms with Crippen molar-refractivity contribution >= 4 is 5.91 Å². The third-order valence-corrected chi connectivity index (χ3v) is 11.6. The maximum absolute atomic E-state index is 13.0. The van der Waals surface area contributed by atoms with E-state index in [-0.39, 0.29) is 12.5 Å². The van der Waals surface area contributed by atoms with Crippen LogP contribution in [0.15, 0.2) is 48.6 Å². The summed E-state index contributed by atoms with van der Waals surface area (Å²) in [5.74, 6) is -0.188. The van der Waals surface area contributed by atoms with Crippen molar-refractivity contribution in [1.29, 1.82) is 0 Å². The molecule has 7 atom stereocenters. The average molecular weight is 848 g/mol. The number of hydrogen-bond acceptors (Lipinski definition) is 8. The van der Waals surface area contributed by atoms with Crippen molar-refractivity contribution in [1.82, 2.24) is 5.32 Å². The van der Waals surface area contributed by atoms with Gasteiger partial charge in [-0.1, -0.05) is 197 Å². The predicted octanol–water partition coefficient (Wildman–Crippen LogP) is 11.0. The fraction of sp³-hybridized carbons (Fsp3) is 0.824. The minimum absolute atomic E-state index is 0.188. The Balaban J connectivity index is 2.31. The van der Waals surface area contributed by atoms with Crippen molar-refractivity contribution in [2.24, 2.45) is 0 Å². The molecule has 350 valence electrons. The van der Waals surface area contributed by atoms with Gasteiger partial charge in [0.15, 0.2) is 6.29 Å². The van der Waals surface area contributed by atoms with Gasteiger partial charge >= 0.3 is 0 Å². The number of amides is 1. The molecule has 0 radical (unpaired) electrons. The Kier molecular flexibility index (Phi) is 38.5. The van der Waals surface area contributed by atoms with E-state index in [1.807, 2.05) is 6.08 Å². The molecule has 0 aromatic carbocycles. The molecule has 9 heteroatoms. The fourth-order valence-corrected chi connectivity index (χ4v) is 7.68. The van der Waals surface area contributed by atoms with Crippen LogP contribution in [-0.4, -0.2) is 87.5 Å². The molecule has 1 rings (SSSR count). The van der Waals surface area contributed by atoms with Crippen LogP contribution in [0.1, 0.15) is 213 Å². The van der Waals surface area contributed by atoms with Crippen molar-refractivity contribution in [3.63, 3.8) is 0 Å². The van der Waals surface area contributed by atoms with E-state index in [1.165, 1.54) is 141 Å². The number of hydrogen-bond donors (Lipinski definition) is 6. The number of nitrogens with one attached hydrogen (secondary N) is 1. The van der Waals surface area contributed by atoms with Crippen molar-refractivity contribution in [2.45, 2.75) is 256 Å². The number of aliphatic hydroxyl groups is 5. The molecular formula is C51H93NO8. The van der Waals surface area contributed by atoms with Crippen molar-refractivity contribution < 1.29 is 39.8 Å².